The van der Waals surface area contributed by atoms with Crippen molar-refractivity contribution in [2.45, 2.75) is 46.5 Å². The van der Waals surface area contributed by atoms with Gasteiger partial charge in [-0.05, 0) is 94.1 Å². The van der Waals surface area contributed by atoms with Crippen LogP contribution < -0.4 is 14.5 Å². The summed E-state index contributed by atoms with van der Waals surface area (Å²) >= 11 is 0. The average Bonchev–Trinajstić information content (AvgIpc) is 3.41. The van der Waals surface area contributed by atoms with Crippen LogP contribution in [0, 0.1) is 0 Å². The molecule has 1 aromatic heterocycles. The Labute approximate surface area is 246 Å². The van der Waals surface area contributed by atoms with Gasteiger partial charge in [-0.1, -0.05) is 18.2 Å². The van der Waals surface area contributed by atoms with Gasteiger partial charge >= 0.3 is 5.97 Å². The van der Waals surface area contributed by atoms with E-state index in [1.165, 1.54) is 4.68 Å². The third-order valence-electron chi connectivity index (χ3n) is 7.52. The molecule has 0 spiro atoms. The Bertz CT molecular complexity index is 1520. The molecule has 0 aliphatic carbocycles. The number of aromatic nitrogens is 2. The minimum Gasteiger partial charge on any atom is -0.489 e. The van der Waals surface area contributed by atoms with Crippen molar-refractivity contribution in [2.75, 3.05) is 36.1 Å². The van der Waals surface area contributed by atoms with Crippen LogP contribution >= 0.6 is 0 Å². The third kappa shape index (κ3) is 5.86. The van der Waals surface area contributed by atoms with E-state index < -0.39 is 5.97 Å². The number of piperidine rings is 1. The first-order chi connectivity index (χ1) is 20.4. The van der Waals surface area contributed by atoms with Gasteiger partial charge < -0.3 is 19.3 Å². The van der Waals surface area contributed by atoms with Gasteiger partial charge in [0.25, 0.3) is 5.91 Å². The highest BCUT2D eigenvalue weighted by atomic mass is 16.5. The number of nitrogens with zero attached hydrogens (tertiary/aromatic N) is 4. The summed E-state index contributed by atoms with van der Waals surface area (Å²) in [7, 11) is 0. The molecule has 42 heavy (non-hydrogen) atoms. The number of fused-ring (bicyclic) bond motifs is 1. The lowest BCUT2D eigenvalue weighted by Crippen LogP contribution is -2.39. The number of allylic oxidation sites excluding steroid dienone is 2. The predicted octanol–water partition coefficient (Wildman–Crippen LogP) is 5.67. The van der Waals surface area contributed by atoms with Crippen LogP contribution in [0.4, 0.5) is 11.4 Å². The van der Waals surface area contributed by atoms with Crippen LogP contribution in [0.15, 0.2) is 72.3 Å². The van der Waals surface area contributed by atoms with Crippen LogP contribution in [0.5, 0.6) is 5.75 Å². The molecule has 2 aromatic carbocycles. The molecule has 3 aromatic rings. The van der Waals surface area contributed by atoms with Crippen molar-refractivity contribution in [1.29, 1.82) is 0 Å². The van der Waals surface area contributed by atoms with Crippen molar-refractivity contribution in [2.24, 2.45) is 0 Å². The minimum atomic E-state index is -0.549. The Balaban J connectivity index is 1.44. The van der Waals surface area contributed by atoms with Gasteiger partial charge in [-0.25, -0.2) is 9.48 Å². The summed E-state index contributed by atoms with van der Waals surface area (Å²) in [5.41, 5.74) is 4.30. The molecule has 9 nitrogen and oxygen atoms in total. The SMILES string of the molecule is CC=CC(=CC)COc1ccc(-n2nc(C(=O)OCC)c3c2C(=O)N(c2ccc(N4CCCCC4=O)cc2)CC3)cc1. The molecule has 2 aliphatic rings. The molecule has 9 heteroatoms. The molecule has 0 saturated carbocycles. The van der Waals surface area contributed by atoms with E-state index in [0.717, 1.165) is 24.1 Å². The zero-order valence-corrected chi connectivity index (χ0v) is 24.3. The molecule has 0 unspecified atom stereocenters. The number of hydrogen-bond acceptors (Lipinski definition) is 6. The first-order valence-electron chi connectivity index (χ1n) is 14.5. The number of ether oxygens (including phenoxy) is 2. The van der Waals surface area contributed by atoms with Crippen LogP contribution in [0.2, 0.25) is 0 Å². The first-order valence-corrected chi connectivity index (χ1v) is 14.5. The normalized spacial score (nSPS) is 15.7. The number of carbonyl (C=O) groups excluding carboxylic acids is 3. The maximum Gasteiger partial charge on any atom is 0.359 e. The summed E-state index contributed by atoms with van der Waals surface area (Å²) in [5, 5.41) is 4.58. The molecule has 5 rings (SSSR count). The lowest BCUT2D eigenvalue weighted by atomic mass is 10.0. The van der Waals surface area contributed by atoms with E-state index in [1.54, 1.807) is 16.7 Å². The van der Waals surface area contributed by atoms with E-state index in [0.29, 0.717) is 60.9 Å². The molecule has 2 amide bonds. The molecule has 0 radical (unpaired) electrons. The fraction of sp³-hybridized carbons (Fsp3) is 0.333. The summed E-state index contributed by atoms with van der Waals surface area (Å²) in [4.78, 5) is 42.7. The van der Waals surface area contributed by atoms with Gasteiger partial charge in [0.1, 0.15) is 18.1 Å². The van der Waals surface area contributed by atoms with Gasteiger partial charge in [0.2, 0.25) is 5.91 Å². The zero-order chi connectivity index (χ0) is 29.6. The maximum atomic E-state index is 14.0. The molecule has 0 bridgehead atoms. The second-order valence-electron chi connectivity index (χ2n) is 10.2. The molecule has 3 heterocycles. The third-order valence-corrected chi connectivity index (χ3v) is 7.52. The smallest absolute Gasteiger partial charge is 0.359 e. The van der Waals surface area contributed by atoms with Gasteiger partial charge in [-0.2, -0.15) is 5.10 Å². The number of benzene rings is 2. The zero-order valence-electron chi connectivity index (χ0n) is 24.3. The van der Waals surface area contributed by atoms with E-state index in [1.807, 2.05) is 80.6 Å². The Morgan fingerprint density at radius 3 is 2.24 bits per heavy atom. The molecule has 0 atom stereocenters. The average molecular weight is 569 g/mol. The lowest BCUT2D eigenvalue weighted by molar-refractivity contribution is -0.119. The quantitative estimate of drug-likeness (QED) is 0.244. The second kappa shape index (κ2) is 12.9. The molecular weight excluding hydrogens is 532 g/mol. The summed E-state index contributed by atoms with van der Waals surface area (Å²) < 4.78 is 12.7. The van der Waals surface area contributed by atoms with E-state index in [9.17, 15) is 14.4 Å². The summed E-state index contributed by atoms with van der Waals surface area (Å²) in [6, 6.07) is 14.8. The van der Waals surface area contributed by atoms with Crippen LogP contribution in [0.3, 0.4) is 0 Å². The van der Waals surface area contributed by atoms with E-state index >= 15 is 0 Å². The second-order valence-corrected chi connectivity index (χ2v) is 10.2. The van der Waals surface area contributed by atoms with Gasteiger partial charge in [-0.15, -0.1) is 0 Å². The van der Waals surface area contributed by atoms with Gasteiger partial charge in [0.15, 0.2) is 5.69 Å². The number of hydrogen-bond donors (Lipinski definition) is 0. The van der Waals surface area contributed by atoms with Crippen LogP contribution in [-0.2, 0) is 16.0 Å². The fourth-order valence-corrected chi connectivity index (χ4v) is 5.34. The van der Waals surface area contributed by atoms with Crippen LogP contribution in [0.25, 0.3) is 5.69 Å². The number of carbonyl (C=O) groups is 3. The summed E-state index contributed by atoms with van der Waals surface area (Å²) in [6.07, 6.45) is 8.87. The number of anilines is 2. The number of esters is 1. The number of amides is 2. The molecule has 1 saturated heterocycles. The van der Waals surface area contributed by atoms with Crippen molar-refractivity contribution >= 4 is 29.2 Å². The topological polar surface area (TPSA) is 94.0 Å². The van der Waals surface area contributed by atoms with Gasteiger partial charge in [0.05, 0.1) is 12.3 Å². The minimum absolute atomic E-state index is 0.125. The van der Waals surface area contributed by atoms with Crippen molar-refractivity contribution in [3.63, 3.8) is 0 Å². The van der Waals surface area contributed by atoms with Crippen LogP contribution in [-0.4, -0.2) is 53.9 Å². The lowest BCUT2D eigenvalue weighted by Gasteiger charge is -2.29. The van der Waals surface area contributed by atoms with Gasteiger partial charge in [-0.3, -0.25) is 9.59 Å². The highest BCUT2D eigenvalue weighted by Crippen LogP contribution is 2.31. The Morgan fingerprint density at radius 2 is 1.60 bits per heavy atom. The highest BCUT2D eigenvalue weighted by molar-refractivity contribution is 6.09. The molecule has 0 N–H and O–H groups in total. The van der Waals surface area contributed by atoms with Crippen molar-refractivity contribution in [3.05, 3.63) is 89.3 Å². The van der Waals surface area contributed by atoms with E-state index in [4.69, 9.17) is 9.47 Å². The van der Waals surface area contributed by atoms with Crippen LogP contribution in [0.1, 0.15) is 66.6 Å². The molecule has 2 aliphatic heterocycles. The fourth-order valence-electron chi connectivity index (χ4n) is 5.34. The standard InChI is InChI=1S/C33H36N4O5/c1-4-9-23(5-2)22-42-27-17-15-26(16-18-27)37-31-28(30(34-37)33(40)41-6-3)19-21-36(32(31)39)25-13-11-24(12-14-25)35-20-8-7-10-29(35)38/h4-5,9,11-18H,6-8,10,19-22H2,1-3H3. The largest absolute Gasteiger partial charge is 0.489 e. The first kappa shape index (κ1) is 28.9. The summed E-state index contributed by atoms with van der Waals surface area (Å²) in [6.45, 7) is 7.40. The molecular formula is C33H36N4O5. The van der Waals surface area contributed by atoms with E-state index in [-0.39, 0.29) is 24.1 Å². The van der Waals surface area contributed by atoms with Crippen molar-refractivity contribution < 1.29 is 23.9 Å². The Hall–Kier alpha value is -4.66. The Kier molecular flexibility index (Phi) is 8.85. The molecule has 218 valence electrons. The number of rotatable bonds is 9. The highest BCUT2D eigenvalue weighted by Gasteiger charge is 2.35. The predicted molar refractivity (Wildman–Crippen MR) is 162 cm³/mol. The monoisotopic (exact) mass is 568 g/mol. The van der Waals surface area contributed by atoms with Crippen molar-refractivity contribution in [3.8, 4) is 11.4 Å². The Morgan fingerprint density at radius 1 is 0.905 bits per heavy atom. The van der Waals surface area contributed by atoms with E-state index in [2.05, 4.69) is 5.10 Å². The molecule has 1 fully saturated rings. The summed E-state index contributed by atoms with van der Waals surface area (Å²) in [5.74, 6) is -0.00772. The maximum absolute atomic E-state index is 14.0. The van der Waals surface area contributed by atoms with Crippen molar-refractivity contribution in [1.82, 2.24) is 9.78 Å². The van der Waals surface area contributed by atoms with Gasteiger partial charge in [0, 0.05) is 36.4 Å².